The van der Waals surface area contributed by atoms with Crippen molar-refractivity contribution < 1.29 is 14.3 Å². The molecule has 1 aliphatic heterocycles. The van der Waals surface area contributed by atoms with E-state index >= 15 is 0 Å². The first-order valence-corrected chi connectivity index (χ1v) is 11.7. The van der Waals surface area contributed by atoms with E-state index < -0.39 is 23.3 Å². The Bertz CT molecular complexity index is 856. The van der Waals surface area contributed by atoms with Crippen molar-refractivity contribution in [3.05, 3.63) is 83.9 Å². The molecule has 0 radical (unpaired) electrons. The highest BCUT2D eigenvalue weighted by Gasteiger charge is 2.57. The Labute approximate surface area is 186 Å². The fourth-order valence-electron chi connectivity index (χ4n) is 4.51. The number of benzene rings is 2. The molecular formula is C28H34O3. The maximum absolute atomic E-state index is 13.1. The molecule has 31 heavy (non-hydrogen) atoms. The lowest BCUT2D eigenvalue weighted by molar-refractivity contribution is -0.153. The molecular weight excluding hydrogens is 384 g/mol. The van der Waals surface area contributed by atoms with Crippen molar-refractivity contribution in [2.75, 3.05) is 0 Å². The molecule has 1 aliphatic rings. The topological polar surface area (TPSA) is 43.4 Å². The molecule has 0 N–H and O–H groups in total. The second kappa shape index (κ2) is 11.6. The largest absolute Gasteiger partial charge is 0.392 e. The number of carbonyl (C=O) groups is 2. The van der Waals surface area contributed by atoms with Crippen LogP contribution in [0, 0.1) is 0 Å². The van der Waals surface area contributed by atoms with Gasteiger partial charge in [0.15, 0.2) is 0 Å². The van der Waals surface area contributed by atoms with Crippen LogP contribution >= 0.6 is 0 Å². The summed E-state index contributed by atoms with van der Waals surface area (Å²) in [6.45, 7) is 2.24. The van der Waals surface area contributed by atoms with Gasteiger partial charge in [0.05, 0.1) is 0 Å². The monoisotopic (exact) mass is 418 g/mol. The van der Waals surface area contributed by atoms with Crippen LogP contribution in [0.15, 0.2) is 72.8 Å². The number of cyclic esters (lactones) is 2. The van der Waals surface area contributed by atoms with Gasteiger partial charge >= 0.3 is 11.9 Å². The van der Waals surface area contributed by atoms with E-state index in [1.54, 1.807) is 0 Å². The van der Waals surface area contributed by atoms with Crippen molar-refractivity contribution in [2.45, 2.75) is 76.0 Å². The highest BCUT2D eigenvalue weighted by Crippen LogP contribution is 2.47. The fourth-order valence-corrected chi connectivity index (χ4v) is 4.51. The Morgan fingerprint density at radius 2 is 1.39 bits per heavy atom. The molecule has 2 aromatic carbocycles. The van der Waals surface area contributed by atoms with E-state index in [1.807, 2.05) is 66.7 Å². The molecule has 2 atom stereocenters. The maximum atomic E-state index is 13.1. The smallest absolute Gasteiger partial charge is 0.329 e. The minimum Gasteiger partial charge on any atom is -0.392 e. The lowest BCUT2D eigenvalue weighted by Gasteiger charge is -2.27. The van der Waals surface area contributed by atoms with Gasteiger partial charge < -0.3 is 4.74 Å². The van der Waals surface area contributed by atoms with E-state index in [9.17, 15) is 9.59 Å². The molecule has 0 bridgehead atoms. The molecule has 0 amide bonds. The normalized spacial score (nSPS) is 21.0. The van der Waals surface area contributed by atoms with E-state index in [2.05, 4.69) is 13.0 Å². The summed E-state index contributed by atoms with van der Waals surface area (Å²) in [6.07, 6.45) is 15.0. The van der Waals surface area contributed by atoms with Gasteiger partial charge in [-0.25, -0.2) is 0 Å². The van der Waals surface area contributed by atoms with Crippen LogP contribution in [-0.2, 0) is 19.7 Å². The van der Waals surface area contributed by atoms with Crippen LogP contribution < -0.4 is 0 Å². The summed E-state index contributed by atoms with van der Waals surface area (Å²) >= 11 is 0. The fraction of sp³-hybridized carbons (Fsp3) is 0.429. The highest BCUT2D eigenvalue weighted by molar-refractivity contribution is 6.07. The van der Waals surface area contributed by atoms with Crippen LogP contribution in [0.2, 0.25) is 0 Å². The van der Waals surface area contributed by atoms with Gasteiger partial charge in [-0.2, -0.15) is 0 Å². The Balaban J connectivity index is 1.73. The van der Waals surface area contributed by atoms with Crippen molar-refractivity contribution in [3.8, 4) is 0 Å². The molecule has 3 nitrogen and oxygen atoms in total. The van der Waals surface area contributed by atoms with Crippen LogP contribution in [0.3, 0.4) is 0 Å². The number of unbranched alkanes of at least 4 members (excludes halogenated alkanes) is 8. The summed E-state index contributed by atoms with van der Waals surface area (Å²) < 4.78 is 5.21. The van der Waals surface area contributed by atoms with Crippen molar-refractivity contribution in [1.29, 1.82) is 0 Å². The van der Waals surface area contributed by atoms with Crippen LogP contribution in [0.25, 0.3) is 0 Å². The Kier molecular flexibility index (Phi) is 8.63. The maximum Gasteiger partial charge on any atom is 0.329 e. The van der Waals surface area contributed by atoms with Gasteiger partial charge in [-0.1, -0.05) is 125 Å². The molecule has 0 saturated carbocycles. The first kappa shape index (κ1) is 23.0. The summed E-state index contributed by atoms with van der Waals surface area (Å²) in [5, 5.41) is 0. The predicted molar refractivity (Wildman–Crippen MR) is 125 cm³/mol. The lowest BCUT2D eigenvalue weighted by Crippen LogP contribution is -2.35. The van der Waals surface area contributed by atoms with Crippen LogP contribution in [0.1, 0.15) is 81.8 Å². The number of rotatable bonds is 12. The Hall–Kier alpha value is -2.68. The molecule has 1 fully saturated rings. The second-order valence-corrected chi connectivity index (χ2v) is 8.45. The van der Waals surface area contributed by atoms with E-state index in [-0.39, 0.29) is 0 Å². The first-order chi connectivity index (χ1) is 15.2. The molecule has 164 valence electrons. The first-order valence-electron chi connectivity index (χ1n) is 11.7. The van der Waals surface area contributed by atoms with E-state index in [0.29, 0.717) is 0 Å². The zero-order valence-electron chi connectivity index (χ0n) is 18.6. The number of carbonyl (C=O) groups excluding carboxylic acids is 2. The molecule has 3 rings (SSSR count). The Morgan fingerprint density at radius 1 is 0.806 bits per heavy atom. The molecule has 0 aromatic heterocycles. The molecule has 2 unspecified atom stereocenters. The third-order valence-electron chi connectivity index (χ3n) is 6.21. The number of hydrogen-bond acceptors (Lipinski definition) is 3. The minimum absolute atomic E-state index is 0.475. The summed E-state index contributed by atoms with van der Waals surface area (Å²) in [5.41, 5.74) is 0.491. The summed E-state index contributed by atoms with van der Waals surface area (Å²) in [7, 11) is 0. The summed E-state index contributed by atoms with van der Waals surface area (Å²) in [6, 6.07) is 19.0. The van der Waals surface area contributed by atoms with E-state index in [1.165, 1.54) is 44.9 Å². The molecule has 0 spiro atoms. The van der Waals surface area contributed by atoms with Crippen molar-refractivity contribution in [3.63, 3.8) is 0 Å². The quantitative estimate of drug-likeness (QED) is 0.163. The predicted octanol–water partition coefficient (Wildman–Crippen LogP) is 6.88. The van der Waals surface area contributed by atoms with Gasteiger partial charge in [0.1, 0.15) is 11.3 Å². The number of esters is 2. The molecule has 0 aliphatic carbocycles. The van der Waals surface area contributed by atoms with Gasteiger partial charge in [0, 0.05) is 0 Å². The summed E-state index contributed by atoms with van der Waals surface area (Å²) in [5.74, 6) is -1.63. The molecule has 1 heterocycles. The minimum atomic E-state index is -1.11. The van der Waals surface area contributed by atoms with E-state index in [0.717, 1.165) is 24.0 Å². The summed E-state index contributed by atoms with van der Waals surface area (Å²) in [4.78, 5) is 25.9. The van der Waals surface area contributed by atoms with Crippen molar-refractivity contribution in [2.24, 2.45) is 0 Å². The third kappa shape index (κ3) is 5.52. The lowest BCUT2D eigenvalue weighted by atomic mass is 9.68. The van der Waals surface area contributed by atoms with Crippen molar-refractivity contribution in [1.82, 2.24) is 0 Å². The zero-order chi connectivity index (χ0) is 21.9. The van der Waals surface area contributed by atoms with Gasteiger partial charge in [0.2, 0.25) is 0 Å². The average Bonchev–Trinajstić information content (AvgIpc) is 3.06. The average molecular weight is 419 g/mol. The molecule has 1 saturated heterocycles. The van der Waals surface area contributed by atoms with Gasteiger partial charge in [-0.05, 0) is 24.0 Å². The molecule has 3 heteroatoms. The Morgan fingerprint density at radius 3 is 2.03 bits per heavy atom. The van der Waals surface area contributed by atoms with Crippen LogP contribution in [0.5, 0.6) is 0 Å². The third-order valence-corrected chi connectivity index (χ3v) is 6.21. The van der Waals surface area contributed by atoms with Gasteiger partial charge in [0.25, 0.3) is 0 Å². The molecule has 2 aromatic rings. The number of ether oxygens (including phenoxy) is 1. The second-order valence-electron chi connectivity index (χ2n) is 8.45. The van der Waals surface area contributed by atoms with E-state index in [4.69, 9.17) is 4.74 Å². The van der Waals surface area contributed by atoms with Crippen LogP contribution in [0.4, 0.5) is 0 Å². The van der Waals surface area contributed by atoms with Gasteiger partial charge in [-0.15, -0.1) is 0 Å². The number of allylic oxidation sites excluding steroid dienone is 1. The van der Waals surface area contributed by atoms with Gasteiger partial charge in [-0.3, -0.25) is 9.59 Å². The number of hydrogen-bond donors (Lipinski definition) is 0. The standard InChI is InChI=1S/C28H34O3/c1-2-3-4-5-6-7-8-9-10-17-22-28(24-20-15-12-16-21-24)25(26(29)31-27(28)30)23-18-13-11-14-19-23/h11-22,25H,2-10H2,1H3. The SMILES string of the molecule is CCCCCCCCCCC=CC1(c2ccccc2)C(=O)OC(=O)C1c1ccccc1. The zero-order valence-corrected chi connectivity index (χ0v) is 18.6. The van der Waals surface area contributed by atoms with Crippen LogP contribution in [-0.4, -0.2) is 11.9 Å². The highest BCUT2D eigenvalue weighted by atomic mass is 16.6. The van der Waals surface area contributed by atoms with Crippen molar-refractivity contribution >= 4 is 11.9 Å².